The standard InChI is InChI=1S/C41H28O/c1-41(2)36-24-26(28-22-23-38-39-32(28)14-9-15-33(39)31-12-6-7-17-37(31)42-38)18-19-30(36)35-21-20-29-27(25-10-4-3-5-11-25)13-8-16-34(29)40(35)41/h3-24H,1-2H3. The molecule has 0 spiro atoms. The van der Waals surface area contributed by atoms with E-state index in [4.69, 9.17) is 4.74 Å². The van der Waals surface area contributed by atoms with Crippen LogP contribution in [0.1, 0.15) is 25.0 Å². The molecule has 0 amide bonds. The topological polar surface area (TPSA) is 9.23 Å². The summed E-state index contributed by atoms with van der Waals surface area (Å²) in [5.74, 6) is 1.85. The molecule has 198 valence electrons. The molecule has 1 heterocycles. The summed E-state index contributed by atoms with van der Waals surface area (Å²) in [5.41, 5.74) is 12.8. The smallest absolute Gasteiger partial charge is 0.135 e. The van der Waals surface area contributed by atoms with Crippen molar-refractivity contribution in [3.05, 3.63) is 145 Å². The van der Waals surface area contributed by atoms with Gasteiger partial charge in [0.05, 0.1) is 0 Å². The lowest BCUT2D eigenvalue weighted by atomic mass is 9.79. The van der Waals surface area contributed by atoms with Crippen LogP contribution in [-0.4, -0.2) is 0 Å². The molecule has 2 aliphatic rings. The average molecular weight is 537 g/mol. The third-order valence-electron chi connectivity index (χ3n) is 9.46. The van der Waals surface area contributed by atoms with E-state index in [2.05, 4.69) is 141 Å². The maximum atomic E-state index is 6.37. The van der Waals surface area contributed by atoms with Crippen molar-refractivity contribution in [1.29, 1.82) is 0 Å². The van der Waals surface area contributed by atoms with Crippen molar-refractivity contribution in [2.24, 2.45) is 0 Å². The Bertz CT molecular complexity index is 2240. The number of hydrogen-bond acceptors (Lipinski definition) is 1. The zero-order valence-electron chi connectivity index (χ0n) is 23.6. The van der Waals surface area contributed by atoms with E-state index in [0.717, 1.165) is 17.1 Å². The van der Waals surface area contributed by atoms with Crippen molar-refractivity contribution in [2.45, 2.75) is 19.3 Å². The van der Waals surface area contributed by atoms with Crippen LogP contribution in [0, 0.1) is 0 Å². The summed E-state index contributed by atoms with van der Waals surface area (Å²) in [5, 5.41) is 5.07. The Hall–Kier alpha value is -5.14. The second-order valence-corrected chi connectivity index (χ2v) is 12.1. The molecule has 1 aliphatic carbocycles. The van der Waals surface area contributed by atoms with Crippen LogP contribution < -0.4 is 4.74 Å². The summed E-state index contributed by atoms with van der Waals surface area (Å²) in [6, 6.07) is 48.6. The summed E-state index contributed by atoms with van der Waals surface area (Å²) in [7, 11) is 0. The van der Waals surface area contributed by atoms with Crippen LogP contribution in [0.25, 0.3) is 66.1 Å². The fraction of sp³-hybridized carbons (Fsp3) is 0.0732. The molecule has 0 radical (unpaired) electrons. The molecule has 1 aliphatic heterocycles. The highest BCUT2D eigenvalue weighted by atomic mass is 16.5. The molecule has 0 bridgehead atoms. The van der Waals surface area contributed by atoms with E-state index in [1.807, 2.05) is 6.07 Å². The van der Waals surface area contributed by atoms with E-state index < -0.39 is 0 Å². The predicted molar refractivity (Wildman–Crippen MR) is 175 cm³/mol. The molecule has 1 nitrogen and oxygen atoms in total. The molecule has 0 aromatic heterocycles. The Morgan fingerprint density at radius 1 is 0.429 bits per heavy atom. The number of para-hydroxylation sites is 1. The van der Waals surface area contributed by atoms with Gasteiger partial charge >= 0.3 is 0 Å². The largest absolute Gasteiger partial charge is 0.456 e. The van der Waals surface area contributed by atoms with E-state index in [-0.39, 0.29) is 5.41 Å². The van der Waals surface area contributed by atoms with E-state index in [0.29, 0.717) is 0 Å². The molecule has 42 heavy (non-hydrogen) atoms. The number of fused-ring (bicyclic) bond motifs is 7. The maximum Gasteiger partial charge on any atom is 0.135 e. The first kappa shape index (κ1) is 23.6. The molecular formula is C41H28O. The van der Waals surface area contributed by atoms with Gasteiger partial charge in [0.1, 0.15) is 11.5 Å². The zero-order chi connectivity index (χ0) is 28.0. The van der Waals surface area contributed by atoms with Gasteiger partial charge in [0, 0.05) is 16.4 Å². The third kappa shape index (κ3) is 3.14. The third-order valence-corrected chi connectivity index (χ3v) is 9.46. The van der Waals surface area contributed by atoms with Gasteiger partial charge < -0.3 is 4.74 Å². The van der Waals surface area contributed by atoms with E-state index >= 15 is 0 Å². The van der Waals surface area contributed by atoms with Crippen molar-refractivity contribution < 1.29 is 4.74 Å². The zero-order valence-corrected chi connectivity index (χ0v) is 23.6. The molecule has 7 aromatic rings. The van der Waals surface area contributed by atoms with Gasteiger partial charge in [-0.2, -0.15) is 0 Å². The van der Waals surface area contributed by atoms with Gasteiger partial charge in [0.25, 0.3) is 0 Å². The first-order valence-electron chi connectivity index (χ1n) is 14.7. The average Bonchev–Trinajstić information content (AvgIpc) is 3.27. The van der Waals surface area contributed by atoms with Crippen molar-refractivity contribution >= 4 is 21.5 Å². The van der Waals surface area contributed by atoms with Crippen LogP contribution in [0.15, 0.2) is 133 Å². The Balaban J connectivity index is 1.23. The van der Waals surface area contributed by atoms with Gasteiger partial charge in [-0.05, 0) is 84.4 Å². The van der Waals surface area contributed by atoms with Crippen molar-refractivity contribution in [1.82, 2.24) is 0 Å². The van der Waals surface area contributed by atoms with E-state index in [9.17, 15) is 0 Å². The molecule has 9 rings (SSSR count). The van der Waals surface area contributed by atoms with Crippen LogP contribution in [-0.2, 0) is 5.41 Å². The summed E-state index contributed by atoms with van der Waals surface area (Å²) in [6.45, 7) is 4.77. The summed E-state index contributed by atoms with van der Waals surface area (Å²) in [4.78, 5) is 0. The van der Waals surface area contributed by atoms with Crippen LogP contribution >= 0.6 is 0 Å². The molecule has 0 atom stereocenters. The summed E-state index contributed by atoms with van der Waals surface area (Å²) >= 11 is 0. The van der Waals surface area contributed by atoms with Gasteiger partial charge in [-0.1, -0.05) is 129 Å². The van der Waals surface area contributed by atoms with Gasteiger partial charge in [-0.25, -0.2) is 0 Å². The normalized spacial score (nSPS) is 13.9. The summed E-state index contributed by atoms with van der Waals surface area (Å²) in [6.07, 6.45) is 0. The molecule has 0 unspecified atom stereocenters. The van der Waals surface area contributed by atoms with E-state index in [1.54, 1.807) is 0 Å². The Morgan fingerprint density at radius 2 is 1.12 bits per heavy atom. The fourth-order valence-corrected chi connectivity index (χ4v) is 7.56. The lowest BCUT2D eigenvalue weighted by molar-refractivity contribution is 0.487. The monoisotopic (exact) mass is 536 g/mol. The van der Waals surface area contributed by atoms with Crippen molar-refractivity contribution in [2.75, 3.05) is 0 Å². The molecule has 0 saturated carbocycles. The van der Waals surface area contributed by atoms with Crippen molar-refractivity contribution in [3.63, 3.8) is 0 Å². The van der Waals surface area contributed by atoms with Gasteiger partial charge in [0.15, 0.2) is 0 Å². The molecule has 7 aromatic carbocycles. The number of rotatable bonds is 2. The van der Waals surface area contributed by atoms with Gasteiger partial charge in [-0.3, -0.25) is 0 Å². The minimum absolute atomic E-state index is 0.135. The quantitative estimate of drug-likeness (QED) is 0.213. The van der Waals surface area contributed by atoms with Crippen molar-refractivity contribution in [3.8, 4) is 56.0 Å². The highest BCUT2D eigenvalue weighted by Crippen LogP contribution is 2.54. The van der Waals surface area contributed by atoms with Gasteiger partial charge in [-0.15, -0.1) is 0 Å². The van der Waals surface area contributed by atoms with Crippen LogP contribution in [0.2, 0.25) is 0 Å². The highest BCUT2D eigenvalue weighted by molar-refractivity contribution is 6.10. The second-order valence-electron chi connectivity index (χ2n) is 12.1. The lowest BCUT2D eigenvalue weighted by Gasteiger charge is -2.25. The summed E-state index contributed by atoms with van der Waals surface area (Å²) < 4.78 is 6.37. The molecule has 0 N–H and O–H groups in total. The number of benzene rings is 7. The Kier molecular flexibility index (Phi) is 4.73. The van der Waals surface area contributed by atoms with Crippen LogP contribution in [0.3, 0.4) is 0 Å². The number of hydrogen-bond donors (Lipinski definition) is 0. The molecule has 0 fully saturated rings. The number of ether oxygens (including phenoxy) is 1. The second kappa shape index (κ2) is 8.44. The fourth-order valence-electron chi connectivity index (χ4n) is 7.56. The first-order chi connectivity index (χ1) is 20.6. The van der Waals surface area contributed by atoms with Crippen LogP contribution in [0.5, 0.6) is 11.5 Å². The van der Waals surface area contributed by atoms with Crippen LogP contribution in [0.4, 0.5) is 0 Å². The van der Waals surface area contributed by atoms with Gasteiger partial charge in [0.2, 0.25) is 0 Å². The molecular weight excluding hydrogens is 508 g/mol. The minimum atomic E-state index is -0.135. The van der Waals surface area contributed by atoms with E-state index in [1.165, 1.54) is 71.6 Å². The Morgan fingerprint density at radius 3 is 2.00 bits per heavy atom. The molecule has 0 saturated heterocycles. The molecule has 1 heteroatoms. The maximum absolute atomic E-state index is 6.37. The Labute approximate surface area is 245 Å². The highest BCUT2D eigenvalue weighted by Gasteiger charge is 2.37. The lowest BCUT2D eigenvalue weighted by Crippen LogP contribution is -2.15. The first-order valence-corrected chi connectivity index (χ1v) is 14.7. The SMILES string of the molecule is CC1(C)c2cc(-c3ccc4c5c(cccc35)-c3ccccc3O4)ccc2-c2ccc3c(-c4ccccc4)cccc3c21. The predicted octanol–water partition coefficient (Wildman–Crippen LogP) is 11.4. The minimum Gasteiger partial charge on any atom is -0.456 e.